The van der Waals surface area contributed by atoms with Crippen molar-refractivity contribution in [1.82, 2.24) is 4.90 Å². The summed E-state index contributed by atoms with van der Waals surface area (Å²) in [6.45, 7) is 0.499. The Hall–Kier alpha value is -1.97. The number of methoxy groups -OCH3 is 1. The van der Waals surface area contributed by atoms with Gasteiger partial charge in [0.25, 0.3) is 0 Å². The number of ether oxygens (including phenoxy) is 1. The summed E-state index contributed by atoms with van der Waals surface area (Å²) in [5, 5.41) is 8.66. The Balaban J connectivity index is 2.12. The summed E-state index contributed by atoms with van der Waals surface area (Å²) in [6, 6.07) is 5.88. The number of hydrogen-bond acceptors (Lipinski definition) is 3. The molecule has 0 amide bonds. The molecular formula is C13H15NO3. The Kier molecular flexibility index (Phi) is 3.04. The fraction of sp³-hybridized carbons (Fsp3) is 0.308. The molecule has 17 heavy (non-hydrogen) atoms. The van der Waals surface area contributed by atoms with Gasteiger partial charge in [0.15, 0.2) is 0 Å². The van der Waals surface area contributed by atoms with Gasteiger partial charge in [-0.3, -0.25) is 4.79 Å². The average molecular weight is 233 g/mol. The van der Waals surface area contributed by atoms with Gasteiger partial charge in [-0.15, -0.1) is 0 Å². The summed E-state index contributed by atoms with van der Waals surface area (Å²) in [5.41, 5.74) is 3.25. The second-order valence-corrected chi connectivity index (χ2v) is 4.02. The highest BCUT2D eigenvalue weighted by atomic mass is 16.5. The monoisotopic (exact) mass is 233 g/mol. The molecule has 0 aliphatic heterocycles. The minimum Gasteiger partial charge on any atom is -0.496 e. The molecule has 2 rings (SSSR count). The summed E-state index contributed by atoms with van der Waals surface area (Å²) in [6.07, 6.45) is 2.18. The molecule has 1 aliphatic rings. The normalized spacial score (nSPS) is 12.2. The minimum absolute atomic E-state index is 0.137. The van der Waals surface area contributed by atoms with E-state index in [1.807, 2.05) is 36.2 Å². The molecule has 4 heteroatoms. The van der Waals surface area contributed by atoms with E-state index in [2.05, 4.69) is 0 Å². The van der Waals surface area contributed by atoms with E-state index in [1.165, 1.54) is 0 Å². The number of benzene rings is 1. The van der Waals surface area contributed by atoms with Crippen LogP contribution in [-0.2, 0) is 4.79 Å². The van der Waals surface area contributed by atoms with Gasteiger partial charge in [0.05, 0.1) is 13.5 Å². The van der Waals surface area contributed by atoms with Gasteiger partial charge in [-0.05, 0) is 17.7 Å². The van der Waals surface area contributed by atoms with Gasteiger partial charge in [-0.2, -0.15) is 0 Å². The van der Waals surface area contributed by atoms with Gasteiger partial charge in [0, 0.05) is 24.9 Å². The molecule has 0 spiro atoms. The molecule has 0 saturated heterocycles. The molecule has 0 radical (unpaired) electrons. The van der Waals surface area contributed by atoms with Crippen molar-refractivity contribution >= 4 is 17.7 Å². The lowest BCUT2D eigenvalue weighted by Crippen LogP contribution is -2.24. The third-order valence-corrected chi connectivity index (χ3v) is 2.90. The molecule has 4 nitrogen and oxygen atoms in total. The molecule has 90 valence electrons. The third-order valence-electron chi connectivity index (χ3n) is 2.90. The lowest BCUT2D eigenvalue weighted by molar-refractivity contribution is -0.137. The van der Waals surface area contributed by atoms with Gasteiger partial charge >= 0.3 is 5.97 Å². The molecule has 0 heterocycles. The zero-order valence-electron chi connectivity index (χ0n) is 9.93. The maximum absolute atomic E-state index is 10.5. The molecule has 0 unspecified atom stereocenters. The van der Waals surface area contributed by atoms with Crippen LogP contribution >= 0.6 is 0 Å². The van der Waals surface area contributed by atoms with E-state index < -0.39 is 5.97 Å². The van der Waals surface area contributed by atoms with Crippen LogP contribution in [0.25, 0.3) is 11.8 Å². The Bertz CT molecular complexity index is 480. The van der Waals surface area contributed by atoms with E-state index >= 15 is 0 Å². The largest absolute Gasteiger partial charge is 0.496 e. The zero-order valence-corrected chi connectivity index (χ0v) is 9.93. The lowest BCUT2D eigenvalue weighted by atomic mass is 9.92. The Labute approximate surface area is 100 Å². The van der Waals surface area contributed by atoms with Crippen LogP contribution in [0.4, 0.5) is 0 Å². The van der Waals surface area contributed by atoms with Gasteiger partial charge in [0.2, 0.25) is 0 Å². The number of carboxylic acids is 1. The highest BCUT2D eigenvalue weighted by Crippen LogP contribution is 2.40. The number of hydrogen-bond donors (Lipinski definition) is 1. The van der Waals surface area contributed by atoms with Crippen molar-refractivity contribution in [3.8, 4) is 5.75 Å². The molecule has 1 N–H and O–H groups in total. The predicted octanol–water partition coefficient (Wildman–Crippen LogP) is 1.91. The molecule has 0 saturated carbocycles. The van der Waals surface area contributed by atoms with E-state index in [4.69, 9.17) is 9.84 Å². The molecular weight excluding hydrogens is 218 g/mol. The zero-order chi connectivity index (χ0) is 12.4. The van der Waals surface area contributed by atoms with Crippen LogP contribution in [0, 0.1) is 0 Å². The first-order valence-electron chi connectivity index (χ1n) is 5.45. The number of fused-ring (bicyclic) bond motifs is 1. The van der Waals surface area contributed by atoms with Crippen molar-refractivity contribution in [1.29, 1.82) is 0 Å². The highest BCUT2D eigenvalue weighted by Gasteiger charge is 2.23. The first-order valence-corrected chi connectivity index (χ1v) is 5.45. The van der Waals surface area contributed by atoms with Crippen LogP contribution in [0.15, 0.2) is 18.2 Å². The molecule has 1 aliphatic carbocycles. The molecule has 1 aromatic carbocycles. The quantitative estimate of drug-likeness (QED) is 0.844. The molecule has 0 atom stereocenters. The number of rotatable bonds is 5. The summed E-state index contributed by atoms with van der Waals surface area (Å²) in [5.74, 6) is 0.0548. The van der Waals surface area contributed by atoms with E-state index in [0.717, 1.165) is 22.6 Å². The summed E-state index contributed by atoms with van der Waals surface area (Å²) in [7, 11) is 3.53. The fourth-order valence-electron chi connectivity index (χ4n) is 1.94. The first-order chi connectivity index (χ1) is 8.13. The van der Waals surface area contributed by atoms with Crippen molar-refractivity contribution in [2.45, 2.75) is 6.42 Å². The molecule has 1 aromatic rings. The number of carboxylic acid groups (broad SMARTS) is 1. The topological polar surface area (TPSA) is 49.8 Å². The van der Waals surface area contributed by atoms with Crippen molar-refractivity contribution < 1.29 is 14.6 Å². The molecule has 0 aromatic heterocycles. The van der Waals surface area contributed by atoms with Crippen LogP contribution in [0.2, 0.25) is 0 Å². The van der Waals surface area contributed by atoms with Crippen molar-refractivity contribution in [2.75, 3.05) is 20.7 Å². The van der Waals surface area contributed by atoms with Gasteiger partial charge in [0.1, 0.15) is 5.75 Å². The SMILES string of the molecule is COc1cccc2c1C(N(C)CCC(=O)O)=C2. The summed E-state index contributed by atoms with van der Waals surface area (Å²) < 4.78 is 5.30. The summed E-state index contributed by atoms with van der Waals surface area (Å²) >= 11 is 0. The second kappa shape index (κ2) is 4.49. The Morgan fingerprint density at radius 2 is 2.24 bits per heavy atom. The van der Waals surface area contributed by atoms with E-state index in [9.17, 15) is 4.79 Å². The predicted molar refractivity (Wildman–Crippen MR) is 65.7 cm³/mol. The van der Waals surface area contributed by atoms with E-state index in [1.54, 1.807) is 7.11 Å². The van der Waals surface area contributed by atoms with Crippen LogP contribution < -0.4 is 4.74 Å². The van der Waals surface area contributed by atoms with E-state index in [0.29, 0.717) is 6.54 Å². The number of aliphatic carboxylic acids is 1. The molecule has 0 fully saturated rings. The smallest absolute Gasteiger partial charge is 0.305 e. The van der Waals surface area contributed by atoms with Crippen molar-refractivity contribution in [3.05, 3.63) is 29.3 Å². The van der Waals surface area contributed by atoms with Crippen LogP contribution in [0.3, 0.4) is 0 Å². The number of nitrogens with zero attached hydrogens (tertiary/aromatic N) is 1. The van der Waals surface area contributed by atoms with Crippen LogP contribution in [0.5, 0.6) is 5.75 Å². The van der Waals surface area contributed by atoms with Gasteiger partial charge in [-0.25, -0.2) is 0 Å². The highest BCUT2D eigenvalue weighted by molar-refractivity contribution is 5.97. The Morgan fingerprint density at radius 1 is 1.47 bits per heavy atom. The standard InChI is InChI=1S/C13H15NO3/c1-14(7-6-12(15)16)10-8-9-4-3-5-11(17-2)13(9)10/h3-5,8H,6-7H2,1-2H3,(H,15,16). The summed E-state index contributed by atoms with van der Waals surface area (Å²) in [4.78, 5) is 12.5. The number of carbonyl (C=O) groups is 1. The average Bonchev–Trinajstić information content (AvgIpc) is 2.27. The van der Waals surface area contributed by atoms with E-state index in [-0.39, 0.29) is 6.42 Å². The lowest BCUT2D eigenvalue weighted by Gasteiger charge is -2.30. The van der Waals surface area contributed by atoms with Gasteiger partial charge < -0.3 is 14.7 Å². The first kappa shape index (κ1) is 11.5. The van der Waals surface area contributed by atoms with Crippen LogP contribution in [0.1, 0.15) is 17.5 Å². The van der Waals surface area contributed by atoms with Gasteiger partial charge in [-0.1, -0.05) is 12.1 Å². The fourth-order valence-corrected chi connectivity index (χ4v) is 1.94. The van der Waals surface area contributed by atoms with Crippen molar-refractivity contribution in [3.63, 3.8) is 0 Å². The maximum atomic E-state index is 10.5. The van der Waals surface area contributed by atoms with Crippen molar-refractivity contribution in [2.24, 2.45) is 0 Å². The second-order valence-electron chi connectivity index (χ2n) is 4.02. The Morgan fingerprint density at radius 3 is 2.88 bits per heavy atom. The third kappa shape index (κ3) is 2.11. The molecule has 0 bridgehead atoms. The minimum atomic E-state index is -0.781. The van der Waals surface area contributed by atoms with Crippen LogP contribution in [-0.4, -0.2) is 36.7 Å². The maximum Gasteiger partial charge on any atom is 0.305 e.